The number of halogens is 4. The summed E-state index contributed by atoms with van der Waals surface area (Å²) >= 11 is 0. The van der Waals surface area contributed by atoms with Gasteiger partial charge in [-0.05, 0) is 81.1 Å². The summed E-state index contributed by atoms with van der Waals surface area (Å²) in [7, 11) is 3.18. The van der Waals surface area contributed by atoms with Crippen LogP contribution in [0.15, 0.2) is 47.2 Å². The number of benzene rings is 1. The second kappa shape index (κ2) is 14.1. The number of allylic oxidation sites excluding steroid dienone is 3. The second-order valence-corrected chi connectivity index (χ2v) is 12.8. The number of hydrogen-bond acceptors (Lipinski definition) is 4. The summed E-state index contributed by atoms with van der Waals surface area (Å²) in [5, 5.41) is 12.6. The lowest BCUT2D eigenvalue weighted by molar-refractivity contribution is -0.139. The van der Waals surface area contributed by atoms with Crippen molar-refractivity contribution < 1.29 is 32.3 Å². The minimum Gasteiger partial charge on any atom is -0.481 e. The fourth-order valence-corrected chi connectivity index (χ4v) is 6.23. The Kier molecular flexibility index (Phi) is 11.2. The van der Waals surface area contributed by atoms with Crippen molar-refractivity contribution in [1.82, 2.24) is 14.8 Å². The number of alkyl halides is 3. The molecule has 3 rings (SSSR count). The third kappa shape index (κ3) is 8.71. The van der Waals surface area contributed by atoms with Crippen molar-refractivity contribution in [2.45, 2.75) is 79.2 Å². The van der Waals surface area contributed by atoms with Crippen molar-refractivity contribution in [3.05, 3.63) is 86.1 Å². The number of nitrogens with zero attached hydrogens (tertiary/aromatic N) is 2. The van der Waals surface area contributed by atoms with Crippen LogP contribution in [0.25, 0.3) is 5.57 Å². The average molecular weight is 634 g/mol. The molecular formula is C34H43F4N3O4. The van der Waals surface area contributed by atoms with Crippen LogP contribution < -0.4 is 10.9 Å². The molecule has 1 aliphatic carbocycles. The summed E-state index contributed by atoms with van der Waals surface area (Å²) in [4.78, 5) is 40.6. The van der Waals surface area contributed by atoms with Gasteiger partial charge in [0.25, 0.3) is 5.56 Å². The summed E-state index contributed by atoms with van der Waals surface area (Å²) in [5.74, 6) is -4.11. The van der Waals surface area contributed by atoms with Crippen LogP contribution in [0.4, 0.5) is 17.6 Å². The molecule has 11 heteroatoms. The fourth-order valence-electron chi connectivity index (χ4n) is 6.23. The zero-order valence-corrected chi connectivity index (χ0v) is 27.1. The minimum atomic E-state index is -4.78. The van der Waals surface area contributed by atoms with E-state index in [0.717, 1.165) is 33.0 Å². The van der Waals surface area contributed by atoms with Crippen molar-refractivity contribution in [1.29, 1.82) is 0 Å². The highest BCUT2D eigenvalue weighted by atomic mass is 19.4. The maximum Gasteiger partial charge on any atom is 0.416 e. The molecule has 1 heterocycles. The van der Waals surface area contributed by atoms with Crippen LogP contribution >= 0.6 is 0 Å². The molecule has 0 saturated carbocycles. The maximum absolute atomic E-state index is 15.5. The van der Waals surface area contributed by atoms with Crippen LogP contribution in [0.3, 0.4) is 0 Å². The van der Waals surface area contributed by atoms with Gasteiger partial charge in [-0.3, -0.25) is 14.4 Å². The predicted octanol–water partition coefficient (Wildman–Crippen LogP) is 6.60. The van der Waals surface area contributed by atoms with Crippen molar-refractivity contribution in [2.75, 3.05) is 14.1 Å². The molecule has 0 radical (unpaired) electrons. The van der Waals surface area contributed by atoms with E-state index in [1.165, 1.54) is 11.0 Å². The van der Waals surface area contributed by atoms with E-state index in [-0.39, 0.29) is 24.4 Å². The van der Waals surface area contributed by atoms with Crippen molar-refractivity contribution in [3.63, 3.8) is 0 Å². The number of amides is 1. The number of aliphatic carboxylic acids is 1. The standard InChI is InChI=1S/C34H43F4N3O4/c1-18(2)9-29(41-17-24(16-40(7)8)26(14-30(41)42)34(36,37)38)33(45)39-28(15-31(43)44)25-12-23(13-27(35)22(25)6)32-20(4)10-19(3)11-21(32)5/h10-14,17-18,22,25,28-29H,9,15-16H2,1-8H3,(H,39,45)(H,43,44)/t22?,25?,28-,29?/m0/s1. The molecule has 4 atom stereocenters. The Bertz CT molecular complexity index is 1530. The van der Waals surface area contributed by atoms with Gasteiger partial charge in [-0.1, -0.05) is 44.5 Å². The summed E-state index contributed by atoms with van der Waals surface area (Å²) in [6.07, 6.45) is -0.943. The van der Waals surface area contributed by atoms with Crippen LogP contribution in [-0.2, 0) is 22.3 Å². The molecule has 7 nitrogen and oxygen atoms in total. The molecule has 0 saturated heterocycles. The molecule has 1 aromatic heterocycles. The van der Waals surface area contributed by atoms with Crippen LogP contribution in [0.2, 0.25) is 0 Å². The van der Waals surface area contributed by atoms with Crippen molar-refractivity contribution in [3.8, 4) is 0 Å². The molecular weight excluding hydrogens is 590 g/mol. The number of carbonyl (C=O) groups excluding carboxylic acids is 1. The highest BCUT2D eigenvalue weighted by Gasteiger charge is 2.38. The third-order valence-electron chi connectivity index (χ3n) is 8.12. The van der Waals surface area contributed by atoms with E-state index in [4.69, 9.17) is 0 Å². The average Bonchev–Trinajstić information content (AvgIpc) is 2.87. The SMILES string of the molecule is Cc1cc(C)c(C2=CC([C@H](CC(=O)O)NC(=O)C(CC(C)C)n3cc(CN(C)C)c(C(F)(F)F)cc3=O)C(C)C(F)=C2)c(C)c1. The van der Waals surface area contributed by atoms with Gasteiger partial charge in [0.1, 0.15) is 11.9 Å². The van der Waals surface area contributed by atoms with Gasteiger partial charge in [0.05, 0.1) is 12.0 Å². The van der Waals surface area contributed by atoms with E-state index in [0.29, 0.717) is 11.6 Å². The fraction of sp³-hybridized carbons (Fsp3) is 0.500. The van der Waals surface area contributed by atoms with E-state index >= 15 is 4.39 Å². The monoisotopic (exact) mass is 633 g/mol. The van der Waals surface area contributed by atoms with Gasteiger partial charge in [0, 0.05) is 36.7 Å². The Morgan fingerprint density at radius 3 is 2.20 bits per heavy atom. The van der Waals surface area contributed by atoms with E-state index in [1.807, 2.05) is 32.9 Å². The highest BCUT2D eigenvalue weighted by molar-refractivity contribution is 5.83. The zero-order valence-electron chi connectivity index (χ0n) is 27.1. The number of carboxylic acids is 1. The Hall–Kier alpha value is -3.73. The Morgan fingerprint density at radius 2 is 1.69 bits per heavy atom. The van der Waals surface area contributed by atoms with Crippen LogP contribution in [0, 0.1) is 38.5 Å². The summed E-state index contributed by atoms with van der Waals surface area (Å²) in [5.41, 5.74) is 2.00. The largest absolute Gasteiger partial charge is 0.481 e. The van der Waals surface area contributed by atoms with Crippen molar-refractivity contribution >= 4 is 17.4 Å². The molecule has 3 unspecified atom stereocenters. The number of aromatic nitrogens is 1. The number of carbonyl (C=O) groups is 2. The lowest BCUT2D eigenvalue weighted by Gasteiger charge is -2.34. The molecule has 2 N–H and O–H groups in total. The first-order valence-electron chi connectivity index (χ1n) is 15.0. The van der Waals surface area contributed by atoms with Gasteiger partial charge in [0.2, 0.25) is 5.91 Å². The lowest BCUT2D eigenvalue weighted by Crippen LogP contribution is -2.48. The Labute approximate surface area is 261 Å². The first-order valence-corrected chi connectivity index (χ1v) is 15.0. The minimum absolute atomic E-state index is 0.0929. The van der Waals surface area contributed by atoms with E-state index in [1.54, 1.807) is 40.9 Å². The number of carboxylic acid groups (broad SMARTS) is 1. The van der Waals surface area contributed by atoms with E-state index in [2.05, 4.69) is 5.32 Å². The number of pyridine rings is 1. The van der Waals surface area contributed by atoms with Gasteiger partial charge in [-0.25, -0.2) is 4.39 Å². The first kappa shape index (κ1) is 35.7. The van der Waals surface area contributed by atoms with Crippen LogP contribution in [0.1, 0.15) is 73.0 Å². The first-order chi connectivity index (χ1) is 20.8. The number of nitrogens with one attached hydrogen (secondary N) is 1. The predicted molar refractivity (Wildman–Crippen MR) is 166 cm³/mol. The maximum atomic E-state index is 15.5. The van der Waals surface area contributed by atoms with Crippen LogP contribution in [0.5, 0.6) is 0 Å². The van der Waals surface area contributed by atoms with Gasteiger partial charge in [-0.2, -0.15) is 13.2 Å². The summed E-state index contributed by atoms with van der Waals surface area (Å²) < 4.78 is 58.0. The summed E-state index contributed by atoms with van der Waals surface area (Å²) in [6, 6.07) is 2.13. The van der Waals surface area contributed by atoms with E-state index in [9.17, 15) is 32.7 Å². The normalized spacial score (nSPS) is 18.4. The quantitative estimate of drug-likeness (QED) is 0.272. The Morgan fingerprint density at radius 1 is 1.09 bits per heavy atom. The van der Waals surface area contributed by atoms with Gasteiger partial charge in [0.15, 0.2) is 0 Å². The molecule has 1 amide bonds. The molecule has 2 aromatic rings. The highest BCUT2D eigenvalue weighted by Crippen LogP contribution is 2.39. The van der Waals surface area contributed by atoms with Gasteiger partial charge < -0.3 is 19.9 Å². The Balaban J connectivity index is 2.11. The molecule has 1 aromatic carbocycles. The van der Waals surface area contributed by atoms with Gasteiger partial charge in [-0.15, -0.1) is 0 Å². The van der Waals surface area contributed by atoms with Crippen molar-refractivity contribution in [2.24, 2.45) is 17.8 Å². The number of hydrogen-bond donors (Lipinski definition) is 2. The molecule has 246 valence electrons. The molecule has 0 bridgehead atoms. The zero-order chi connectivity index (χ0) is 34.0. The smallest absolute Gasteiger partial charge is 0.416 e. The molecule has 0 spiro atoms. The number of aryl methyl sites for hydroxylation is 3. The topological polar surface area (TPSA) is 91.6 Å². The number of rotatable bonds is 11. The third-order valence-corrected chi connectivity index (χ3v) is 8.12. The van der Waals surface area contributed by atoms with E-state index < -0.39 is 65.3 Å². The summed E-state index contributed by atoms with van der Waals surface area (Å²) in [6.45, 7) is 10.9. The lowest BCUT2D eigenvalue weighted by atomic mass is 9.77. The molecule has 0 fully saturated rings. The second-order valence-electron chi connectivity index (χ2n) is 12.8. The molecule has 1 aliphatic rings. The van der Waals surface area contributed by atoms with Crippen LogP contribution in [-0.4, -0.2) is 46.6 Å². The molecule has 45 heavy (non-hydrogen) atoms. The molecule has 0 aliphatic heterocycles. The van der Waals surface area contributed by atoms with Gasteiger partial charge >= 0.3 is 12.1 Å².